The minimum absolute atomic E-state index is 0.754. The van der Waals surface area contributed by atoms with Crippen LogP contribution in [-0.4, -0.2) is 12.8 Å². The molecule has 0 radical (unpaired) electrons. The topological polar surface area (TPSA) is 33.6 Å². The molecular weight excluding hydrogens is 272 g/mol. The largest absolute Gasteiger partial charge is 0.493 e. The van der Waals surface area contributed by atoms with Gasteiger partial charge >= 0.3 is 0 Å². The zero-order valence-corrected chi connectivity index (χ0v) is 13.4. The van der Waals surface area contributed by atoms with Crippen LogP contribution < -0.4 is 10.2 Å². The van der Waals surface area contributed by atoms with Gasteiger partial charge in [0, 0.05) is 5.56 Å². The number of hydrogen-bond donors (Lipinski definition) is 1. The summed E-state index contributed by atoms with van der Waals surface area (Å²) in [6, 6.07) is 16.1. The Morgan fingerprint density at radius 3 is 2.68 bits per heavy atom. The van der Waals surface area contributed by atoms with Gasteiger partial charge in [-0.05, 0) is 37.6 Å². The molecule has 0 aliphatic rings. The number of rotatable bonds is 8. The zero-order valence-electron chi connectivity index (χ0n) is 13.4. The van der Waals surface area contributed by atoms with Crippen molar-refractivity contribution in [2.75, 3.05) is 12.0 Å². The first-order chi connectivity index (χ1) is 10.8. The van der Waals surface area contributed by atoms with E-state index in [-0.39, 0.29) is 0 Å². The molecule has 0 heterocycles. The van der Waals surface area contributed by atoms with Gasteiger partial charge in [-0.15, -0.1) is 0 Å². The van der Waals surface area contributed by atoms with E-state index in [2.05, 4.69) is 36.5 Å². The van der Waals surface area contributed by atoms with Crippen LogP contribution in [-0.2, 0) is 0 Å². The number of para-hydroxylation sites is 1. The summed E-state index contributed by atoms with van der Waals surface area (Å²) in [4.78, 5) is 0. The van der Waals surface area contributed by atoms with Crippen molar-refractivity contribution in [1.29, 1.82) is 0 Å². The van der Waals surface area contributed by atoms with Crippen molar-refractivity contribution in [2.24, 2.45) is 5.10 Å². The average molecular weight is 296 g/mol. The standard InChI is InChI=1S/C19H24N2O/c1-3-4-8-13-22-19-12-11-16(2)14-17(19)15-20-21-18-9-6-5-7-10-18/h5-7,9-12,14-15,21H,3-4,8,13H2,1-2H3. The Balaban J connectivity index is 2.00. The third kappa shape index (κ3) is 5.24. The molecular formula is C19H24N2O. The number of hydrogen-bond acceptors (Lipinski definition) is 3. The highest BCUT2D eigenvalue weighted by Crippen LogP contribution is 2.19. The predicted molar refractivity (Wildman–Crippen MR) is 93.9 cm³/mol. The lowest BCUT2D eigenvalue weighted by Gasteiger charge is -2.09. The van der Waals surface area contributed by atoms with Crippen molar-refractivity contribution >= 4 is 11.9 Å². The molecule has 2 aromatic rings. The first-order valence-electron chi connectivity index (χ1n) is 7.87. The van der Waals surface area contributed by atoms with Crippen LogP contribution >= 0.6 is 0 Å². The van der Waals surface area contributed by atoms with E-state index < -0.39 is 0 Å². The Hall–Kier alpha value is -2.29. The van der Waals surface area contributed by atoms with Crippen LogP contribution in [0.4, 0.5) is 5.69 Å². The third-order valence-electron chi connectivity index (χ3n) is 3.34. The van der Waals surface area contributed by atoms with E-state index in [9.17, 15) is 0 Å². The molecule has 2 rings (SSSR count). The highest BCUT2D eigenvalue weighted by atomic mass is 16.5. The third-order valence-corrected chi connectivity index (χ3v) is 3.34. The SMILES string of the molecule is CCCCCOc1ccc(C)cc1C=NNc1ccccc1. The Bertz CT molecular complexity index is 594. The van der Waals surface area contributed by atoms with E-state index >= 15 is 0 Å². The molecule has 3 nitrogen and oxygen atoms in total. The van der Waals surface area contributed by atoms with Gasteiger partial charge in [0.25, 0.3) is 0 Å². The molecule has 0 fully saturated rings. The molecule has 0 bridgehead atoms. The first kappa shape index (κ1) is 16.1. The molecule has 0 saturated heterocycles. The Morgan fingerprint density at radius 2 is 1.91 bits per heavy atom. The van der Waals surface area contributed by atoms with Crippen LogP contribution in [0.5, 0.6) is 5.75 Å². The van der Waals surface area contributed by atoms with Gasteiger partial charge in [-0.25, -0.2) is 0 Å². The molecule has 0 aromatic heterocycles. The van der Waals surface area contributed by atoms with Crippen molar-refractivity contribution < 1.29 is 4.74 Å². The number of nitrogens with zero attached hydrogens (tertiary/aromatic N) is 1. The summed E-state index contributed by atoms with van der Waals surface area (Å²) in [5.41, 5.74) is 6.20. The van der Waals surface area contributed by atoms with Gasteiger partial charge in [-0.1, -0.05) is 49.6 Å². The monoisotopic (exact) mass is 296 g/mol. The molecule has 22 heavy (non-hydrogen) atoms. The Kier molecular flexibility index (Phi) is 6.49. The molecule has 116 valence electrons. The van der Waals surface area contributed by atoms with Gasteiger partial charge in [0.05, 0.1) is 18.5 Å². The zero-order chi connectivity index (χ0) is 15.6. The summed E-state index contributed by atoms with van der Waals surface area (Å²) in [7, 11) is 0. The molecule has 0 spiro atoms. The second-order valence-electron chi connectivity index (χ2n) is 5.33. The average Bonchev–Trinajstić information content (AvgIpc) is 2.54. The normalized spacial score (nSPS) is 10.8. The molecule has 0 saturated carbocycles. The van der Waals surface area contributed by atoms with Gasteiger partial charge in [-0.2, -0.15) is 5.10 Å². The number of unbranched alkanes of at least 4 members (excludes halogenated alkanes) is 2. The number of nitrogens with one attached hydrogen (secondary N) is 1. The van der Waals surface area contributed by atoms with E-state index in [0.29, 0.717) is 0 Å². The van der Waals surface area contributed by atoms with Crippen LogP contribution in [0.1, 0.15) is 37.3 Å². The van der Waals surface area contributed by atoms with E-state index in [4.69, 9.17) is 4.74 Å². The highest BCUT2D eigenvalue weighted by molar-refractivity contribution is 5.84. The van der Waals surface area contributed by atoms with E-state index in [1.54, 1.807) is 0 Å². The second kappa shape index (κ2) is 8.88. The molecule has 0 aliphatic carbocycles. The van der Waals surface area contributed by atoms with Gasteiger partial charge < -0.3 is 4.74 Å². The molecule has 0 amide bonds. The number of aryl methyl sites for hydroxylation is 1. The Morgan fingerprint density at radius 1 is 1.09 bits per heavy atom. The minimum Gasteiger partial charge on any atom is -0.493 e. The maximum Gasteiger partial charge on any atom is 0.128 e. The number of ether oxygens (including phenoxy) is 1. The van der Waals surface area contributed by atoms with Crippen LogP contribution in [0.15, 0.2) is 53.6 Å². The maximum absolute atomic E-state index is 5.88. The fraction of sp³-hybridized carbons (Fsp3) is 0.316. The van der Waals surface area contributed by atoms with E-state index in [0.717, 1.165) is 30.0 Å². The second-order valence-corrected chi connectivity index (χ2v) is 5.33. The summed E-state index contributed by atoms with van der Waals surface area (Å²) in [6.45, 7) is 5.02. The smallest absolute Gasteiger partial charge is 0.128 e. The number of benzene rings is 2. The van der Waals surface area contributed by atoms with Gasteiger partial charge in [0.15, 0.2) is 0 Å². The fourth-order valence-electron chi connectivity index (χ4n) is 2.12. The van der Waals surface area contributed by atoms with Crippen molar-refractivity contribution in [3.63, 3.8) is 0 Å². The van der Waals surface area contributed by atoms with E-state index in [1.807, 2.05) is 42.6 Å². The van der Waals surface area contributed by atoms with Gasteiger partial charge in [0.2, 0.25) is 0 Å². The van der Waals surface area contributed by atoms with Crippen LogP contribution in [0.25, 0.3) is 0 Å². The number of hydrazone groups is 1. The summed E-state index contributed by atoms with van der Waals surface area (Å²) in [5.74, 6) is 0.889. The van der Waals surface area contributed by atoms with Crippen LogP contribution in [0.3, 0.4) is 0 Å². The van der Waals surface area contributed by atoms with Gasteiger partial charge in [0.1, 0.15) is 5.75 Å². The van der Waals surface area contributed by atoms with Crippen molar-refractivity contribution in [2.45, 2.75) is 33.1 Å². The van der Waals surface area contributed by atoms with Crippen molar-refractivity contribution in [1.82, 2.24) is 0 Å². The fourth-order valence-corrected chi connectivity index (χ4v) is 2.12. The minimum atomic E-state index is 0.754. The maximum atomic E-state index is 5.88. The van der Waals surface area contributed by atoms with Gasteiger partial charge in [-0.3, -0.25) is 5.43 Å². The molecule has 0 aliphatic heterocycles. The number of anilines is 1. The lowest BCUT2D eigenvalue weighted by atomic mass is 10.1. The van der Waals surface area contributed by atoms with Crippen LogP contribution in [0, 0.1) is 6.92 Å². The summed E-state index contributed by atoms with van der Waals surface area (Å²) >= 11 is 0. The summed E-state index contributed by atoms with van der Waals surface area (Å²) < 4.78 is 5.88. The lowest BCUT2D eigenvalue weighted by Crippen LogP contribution is -2.01. The summed E-state index contributed by atoms with van der Waals surface area (Å²) in [5, 5.41) is 4.30. The first-order valence-corrected chi connectivity index (χ1v) is 7.87. The van der Waals surface area contributed by atoms with Crippen LogP contribution in [0.2, 0.25) is 0 Å². The Labute approximate surface area is 133 Å². The highest BCUT2D eigenvalue weighted by Gasteiger charge is 2.02. The lowest BCUT2D eigenvalue weighted by molar-refractivity contribution is 0.306. The summed E-state index contributed by atoms with van der Waals surface area (Å²) in [6.07, 6.45) is 5.30. The van der Waals surface area contributed by atoms with Crippen molar-refractivity contribution in [3.8, 4) is 5.75 Å². The molecule has 1 N–H and O–H groups in total. The molecule has 2 aromatic carbocycles. The molecule has 0 atom stereocenters. The van der Waals surface area contributed by atoms with Crippen molar-refractivity contribution in [3.05, 3.63) is 59.7 Å². The molecule has 0 unspecified atom stereocenters. The quantitative estimate of drug-likeness (QED) is 0.422. The predicted octanol–water partition coefficient (Wildman–Crippen LogP) is 5.01. The van der Waals surface area contributed by atoms with E-state index in [1.165, 1.54) is 18.4 Å². The molecule has 3 heteroatoms.